The molecule has 0 radical (unpaired) electrons. The van der Waals surface area contributed by atoms with Crippen LogP contribution in [0.4, 0.5) is 0 Å². The minimum Gasteiger partial charge on any atom is -0.390 e. The van der Waals surface area contributed by atoms with Crippen LogP contribution in [0.5, 0.6) is 0 Å². The predicted molar refractivity (Wildman–Crippen MR) is 182 cm³/mol. The minimum absolute atomic E-state index is 0.140. The van der Waals surface area contributed by atoms with Gasteiger partial charge < -0.3 is 15.3 Å². The third-order valence-corrected chi connectivity index (χ3v) is 16.1. The van der Waals surface area contributed by atoms with Crippen LogP contribution in [-0.4, -0.2) is 46.7 Å². The second-order valence-electron chi connectivity index (χ2n) is 18.1. The van der Waals surface area contributed by atoms with Crippen molar-refractivity contribution in [2.45, 2.75) is 156 Å². The number of allylic oxidation sites excluding steroid dienone is 4. The Morgan fingerprint density at radius 3 is 2.32 bits per heavy atom. The normalized spacial score (nSPS) is 44.6. The number of piperidine rings is 1. The SMILES string of the molecule is CC/C=C(\C)C1=CCC2(C)C(CCC3(C)C2CCC2[C@H]4CCCC4(NCCC4(O)CCN(C(C)=O)CC4)CC[C@]23C)C1(C)C. The lowest BCUT2D eigenvalue weighted by Gasteiger charge is -2.72. The van der Waals surface area contributed by atoms with Gasteiger partial charge >= 0.3 is 0 Å². The molecule has 4 saturated carbocycles. The Balaban J connectivity index is 1.19. The Labute approximate surface area is 270 Å². The number of hydrogen-bond donors (Lipinski definition) is 2. The molecule has 0 aromatic carbocycles. The van der Waals surface area contributed by atoms with Crippen LogP contribution in [0.25, 0.3) is 0 Å². The zero-order valence-electron chi connectivity index (χ0n) is 29.8. The molecule has 0 spiro atoms. The van der Waals surface area contributed by atoms with Gasteiger partial charge in [-0.05, 0) is 148 Å². The molecule has 0 aromatic heterocycles. The average Bonchev–Trinajstić information content (AvgIpc) is 3.37. The molecule has 4 heteroatoms. The van der Waals surface area contributed by atoms with Crippen molar-refractivity contribution in [3.05, 3.63) is 23.3 Å². The maximum Gasteiger partial charge on any atom is 0.219 e. The third-order valence-electron chi connectivity index (χ3n) is 16.1. The highest BCUT2D eigenvalue weighted by atomic mass is 16.3. The van der Waals surface area contributed by atoms with Gasteiger partial charge in [0.25, 0.3) is 0 Å². The number of amides is 1. The zero-order valence-corrected chi connectivity index (χ0v) is 29.8. The first kappa shape index (κ1) is 32.8. The fraction of sp³-hybridized carbons (Fsp3) is 0.875. The van der Waals surface area contributed by atoms with E-state index in [0.29, 0.717) is 42.2 Å². The van der Waals surface area contributed by atoms with Crippen molar-refractivity contribution in [3.63, 3.8) is 0 Å². The standard InChI is InChI=1S/C40H66N2O2/c1-9-11-28(2)30-15-18-36(6)33(35(30,4)5)16-19-38(8)34(36)14-13-31-32-12-10-17-40(32,21-20-37(31,38)7)41-25-22-39(44)23-26-42(27-24-39)29(3)43/h11,15,31-34,41,44H,9-10,12-14,16-27H2,1-8H3/b28-11+/t31?,32-,33?,34?,36?,37-,38?,40?/m1/s1. The van der Waals surface area contributed by atoms with Crippen LogP contribution in [0.1, 0.15) is 145 Å². The number of hydrogen-bond acceptors (Lipinski definition) is 3. The highest BCUT2D eigenvalue weighted by Crippen LogP contribution is 2.76. The summed E-state index contributed by atoms with van der Waals surface area (Å²) in [4.78, 5) is 13.7. The molecule has 6 unspecified atom stereocenters. The number of aliphatic hydroxyl groups is 1. The minimum atomic E-state index is -0.626. The number of rotatable bonds is 6. The molecule has 5 fully saturated rings. The monoisotopic (exact) mass is 607 g/mol. The van der Waals surface area contributed by atoms with Gasteiger partial charge in [0.2, 0.25) is 5.91 Å². The van der Waals surface area contributed by atoms with Crippen LogP contribution < -0.4 is 5.32 Å². The Morgan fingerprint density at radius 2 is 1.64 bits per heavy atom. The summed E-state index contributed by atoms with van der Waals surface area (Å²) >= 11 is 0. The van der Waals surface area contributed by atoms with Gasteiger partial charge in [0, 0.05) is 25.6 Å². The van der Waals surface area contributed by atoms with Crippen LogP contribution in [0, 0.1) is 45.3 Å². The number of carbonyl (C=O) groups excluding carboxylic acids is 1. The maximum atomic E-state index is 11.8. The van der Waals surface area contributed by atoms with E-state index in [2.05, 4.69) is 65.9 Å². The molecule has 1 saturated heterocycles. The lowest BCUT2D eigenvalue weighted by Crippen LogP contribution is -2.67. The van der Waals surface area contributed by atoms with E-state index in [-0.39, 0.29) is 16.9 Å². The summed E-state index contributed by atoms with van der Waals surface area (Å²) in [6.07, 6.45) is 22.1. The second-order valence-corrected chi connectivity index (χ2v) is 18.1. The Kier molecular flexibility index (Phi) is 8.38. The molecule has 2 N–H and O–H groups in total. The smallest absolute Gasteiger partial charge is 0.219 e. The number of nitrogens with zero attached hydrogens (tertiary/aromatic N) is 1. The van der Waals surface area contributed by atoms with Crippen molar-refractivity contribution in [2.75, 3.05) is 19.6 Å². The van der Waals surface area contributed by atoms with Gasteiger partial charge in [0.05, 0.1) is 5.60 Å². The van der Waals surface area contributed by atoms with Crippen LogP contribution in [0.15, 0.2) is 23.3 Å². The van der Waals surface area contributed by atoms with Gasteiger partial charge in [-0.3, -0.25) is 4.79 Å². The van der Waals surface area contributed by atoms with E-state index in [9.17, 15) is 9.90 Å². The van der Waals surface area contributed by atoms with Crippen LogP contribution in [0.2, 0.25) is 0 Å². The first-order valence-corrected chi connectivity index (χ1v) is 18.8. The largest absolute Gasteiger partial charge is 0.390 e. The Bertz CT molecular complexity index is 1180. The van der Waals surface area contributed by atoms with E-state index in [1.807, 2.05) is 4.90 Å². The molecule has 6 aliphatic rings. The van der Waals surface area contributed by atoms with Gasteiger partial charge in [-0.2, -0.15) is 0 Å². The van der Waals surface area contributed by atoms with Gasteiger partial charge in [-0.1, -0.05) is 65.7 Å². The van der Waals surface area contributed by atoms with Gasteiger partial charge in [-0.15, -0.1) is 0 Å². The molecule has 0 aromatic rings. The lowest BCUT2D eigenvalue weighted by molar-refractivity contribution is -0.218. The van der Waals surface area contributed by atoms with Crippen molar-refractivity contribution >= 4 is 5.91 Å². The molecule has 1 amide bonds. The summed E-state index contributed by atoms with van der Waals surface area (Å²) in [6.45, 7) is 22.0. The zero-order chi connectivity index (χ0) is 31.8. The molecule has 44 heavy (non-hydrogen) atoms. The molecule has 6 rings (SSSR count). The fourth-order valence-corrected chi connectivity index (χ4v) is 13.6. The molecule has 1 aliphatic heterocycles. The topological polar surface area (TPSA) is 52.6 Å². The fourth-order valence-electron chi connectivity index (χ4n) is 13.6. The van der Waals surface area contributed by atoms with Crippen molar-refractivity contribution in [1.29, 1.82) is 0 Å². The van der Waals surface area contributed by atoms with Gasteiger partial charge in [0.15, 0.2) is 0 Å². The molecule has 5 aliphatic carbocycles. The number of carbonyl (C=O) groups is 1. The summed E-state index contributed by atoms with van der Waals surface area (Å²) < 4.78 is 0. The van der Waals surface area contributed by atoms with Crippen LogP contribution in [-0.2, 0) is 4.79 Å². The highest BCUT2D eigenvalue weighted by molar-refractivity contribution is 5.73. The third kappa shape index (κ3) is 4.84. The molecule has 248 valence electrons. The first-order chi connectivity index (χ1) is 20.7. The van der Waals surface area contributed by atoms with E-state index >= 15 is 0 Å². The van der Waals surface area contributed by atoms with Crippen molar-refractivity contribution in [1.82, 2.24) is 10.2 Å². The Morgan fingerprint density at radius 1 is 0.909 bits per heavy atom. The van der Waals surface area contributed by atoms with E-state index in [4.69, 9.17) is 0 Å². The second kappa shape index (κ2) is 11.2. The van der Waals surface area contributed by atoms with Gasteiger partial charge in [0.1, 0.15) is 0 Å². The van der Waals surface area contributed by atoms with Crippen molar-refractivity contribution in [2.24, 2.45) is 45.3 Å². The molecular weight excluding hydrogens is 540 g/mol. The lowest BCUT2D eigenvalue weighted by atomic mass is 9.33. The summed E-state index contributed by atoms with van der Waals surface area (Å²) in [5.74, 6) is 3.29. The number of nitrogens with one attached hydrogen (secondary N) is 1. The number of likely N-dealkylation sites (tertiary alicyclic amines) is 1. The summed E-state index contributed by atoms with van der Waals surface area (Å²) in [5.41, 5.74) is 4.24. The Hall–Kier alpha value is -1.13. The van der Waals surface area contributed by atoms with E-state index in [0.717, 1.165) is 43.1 Å². The van der Waals surface area contributed by atoms with Crippen molar-refractivity contribution < 1.29 is 9.90 Å². The molecule has 4 nitrogen and oxygen atoms in total. The number of fused-ring (bicyclic) bond motifs is 7. The predicted octanol–water partition coefficient (Wildman–Crippen LogP) is 8.84. The van der Waals surface area contributed by atoms with Gasteiger partial charge in [-0.25, -0.2) is 0 Å². The summed E-state index contributed by atoms with van der Waals surface area (Å²) in [6, 6.07) is 0. The quantitative estimate of drug-likeness (QED) is 0.318. The average molecular weight is 607 g/mol. The van der Waals surface area contributed by atoms with Crippen LogP contribution in [0.3, 0.4) is 0 Å². The molecule has 1 heterocycles. The van der Waals surface area contributed by atoms with E-state index < -0.39 is 5.60 Å². The molecule has 8 atom stereocenters. The summed E-state index contributed by atoms with van der Waals surface area (Å²) in [5, 5.41) is 15.5. The maximum absolute atomic E-state index is 11.8. The molecular formula is C40H66N2O2. The van der Waals surface area contributed by atoms with Crippen LogP contribution >= 0.6 is 0 Å². The first-order valence-electron chi connectivity index (χ1n) is 18.8. The van der Waals surface area contributed by atoms with E-state index in [1.165, 1.54) is 69.8 Å². The van der Waals surface area contributed by atoms with Crippen molar-refractivity contribution in [3.8, 4) is 0 Å². The molecule has 0 bridgehead atoms. The highest BCUT2D eigenvalue weighted by Gasteiger charge is 2.69. The summed E-state index contributed by atoms with van der Waals surface area (Å²) in [7, 11) is 0. The van der Waals surface area contributed by atoms with E-state index in [1.54, 1.807) is 12.5 Å².